The van der Waals surface area contributed by atoms with Crippen LogP contribution in [0.2, 0.25) is 0 Å². The Kier molecular flexibility index (Phi) is 7.93. The molecule has 2 amide bonds. The number of nitrogens with zero attached hydrogens (tertiary/aromatic N) is 2. The van der Waals surface area contributed by atoms with Gasteiger partial charge in [0, 0.05) is 34.8 Å². The van der Waals surface area contributed by atoms with Crippen LogP contribution >= 0.6 is 0 Å². The highest BCUT2D eigenvalue weighted by Crippen LogP contribution is 2.22. The number of rotatable bonds is 9. The lowest BCUT2D eigenvalue weighted by molar-refractivity contribution is -0.121. The van der Waals surface area contributed by atoms with Crippen LogP contribution in [0, 0.1) is 6.92 Å². The first kappa shape index (κ1) is 25.7. The number of nitrogens with one attached hydrogen (secondary N) is 2. The molecule has 6 nitrogen and oxygen atoms in total. The summed E-state index contributed by atoms with van der Waals surface area (Å²) in [6.07, 6.45) is 3.78. The Morgan fingerprint density at radius 2 is 1.59 bits per heavy atom. The molecule has 39 heavy (non-hydrogen) atoms. The molecular weight excluding hydrogens is 484 g/mol. The monoisotopic (exact) mass is 514 g/mol. The number of hydrogen-bond acceptors (Lipinski definition) is 3. The van der Waals surface area contributed by atoms with E-state index >= 15 is 0 Å². The van der Waals surface area contributed by atoms with Crippen LogP contribution in [0.1, 0.15) is 45.1 Å². The molecule has 2 N–H and O–H groups in total. The van der Waals surface area contributed by atoms with Crippen LogP contribution in [0.3, 0.4) is 0 Å². The van der Waals surface area contributed by atoms with Gasteiger partial charge in [-0.25, -0.2) is 5.43 Å². The maximum atomic E-state index is 12.9. The van der Waals surface area contributed by atoms with Gasteiger partial charge in [-0.2, -0.15) is 5.10 Å². The second-order valence-corrected chi connectivity index (χ2v) is 9.52. The van der Waals surface area contributed by atoms with Gasteiger partial charge >= 0.3 is 0 Å². The molecule has 0 aliphatic rings. The Hall–Kier alpha value is -4.97. The van der Waals surface area contributed by atoms with Crippen molar-refractivity contribution in [2.45, 2.75) is 25.9 Å². The number of fused-ring (bicyclic) bond motifs is 1. The maximum Gasteiger partial charge on any atom is 0.251 e. The molecule has 6 heteroatoms. The summed E-state index contributed by atoms with van der Waals surface area (Å²) < 4.78 is 2.19. The summed E-state index contributed by atoms with van der Waals surface area (Å²) in [5.74, 6) is -0.529. The van der Waals surface area contributed by atoms with E-state index in [1.165, 1.54) is 11.1 Å². The first-order valence-electron chi connectivity index (χ1n) is 12.9. The molecule has 1 heterocycles. The summed E-state index contributed by atoms with van der Waals surface area (Å²) in [5.41, 5.74) is 8.49. The standard InChI is InChI=1S/C33H30N4O2/c1-24-11-10-12-25(19-24)22-37-23-28(29-17-8-9-18-31(29)37)21-34-36-32(38)20-30(26-13-4-2-5-14-26)35-33(39)27-15-6-3-7-16-27/h2-19,21,23,30H,20,22H2,1H3,(H,35,39)(H,36,38)/b34-21-/t30-/m0/s1. The normalized spacial score (nSPS) is 11.9. The van der Waals surface area contributed by atoms with Crippen molar-refractivity contribution in [2.75, 3.05) is 0 Å². The van der Waals surface area contributed by atoms with Gasteiger partial charge in [-0.05, 0) is 36.2 Å². The minimum Gasteiger partial charge on any atom is -0.345 e. The Morgan fingerprint density at radius 1 is 0.872 bits per heavy atom. The van der Waals surface area contributed by atoms with Gasteiger partial charge in [0.2, 0.25) is 5.91 Å². The Labute approximate surface area is 228 Å². The predicted octanol–water partition coefficient (Wildman–Crippen LogP) is 6.01. The van der Waals surface area contributed by atoms with Crippen molar-refractivity contribution in [1.29, 1.82) is 0 Å². The second-order valence-electron chi connectivity index (χ2n) is 9.52. The van der Waals surface area contributed by atoms with Gasteiger partial charge in [-0.3, -0.25) is 9.59 Å². The van der Waals surface area contributed by atoms with Gasteiger partial charge in [0.1, 0.15) is 0 Å². The van der Waals surface area contributed by atoms with E-state index in [4.69, 9.17) is 0 Å². The summed E-state index contributed by atoms with van der Waals surface area (Å²) in [6.45, 7) is 2.83. The van der Waals surface area contributed by atoms with E-state index in [-0.39, 0.29) is 18.2 Å². The van der Waals surface area contributed by atoms with E-state index in [1.807, 2.05) is 60.7 Å². The van der Waals surface area contributed by atoms with Gasteiger partial charge in [-0.15, -0.1) is 0 Å². The Bertz CT molecular complexity index is 1610. The molecule has 0 saturated carbocycles. The highest BCUT2D eigenvalue weighted by atomic mass is 16.2. The lowest BCUT2D eigenvalue weighted by atomic mass is 10.0. The van der Waals surface area contributed by atoms with Gasteiger partial charge in [0.05, 0.1) is 18.7 Å². The molecule has 4 aromatic carbocycles. The third kappa shape index (κ3) is 6.48. The first-order chi connectivity index (χ1) is 19.1. The molecule has 1 atom stereocenters. The molecule has 194 valence electrons. The Balaban J connectivity index is 1.29. The molecule has 5 rings (SSSR count). The third-order valence-corrected chi connectivity index (χ3v) is 6.58. The SMILES string of the molecule is Cc1cccc(Cn2cc(/C=N\NC(=O)C[C@H](NC(=O)c3ccccc3)c3ccccc3)c3ccccc32)c1. The van der Waals surface area contributed by atoms with E-state index in [0.29, 0.717) is 5.56 Å². The number of amides is 2. The molecule has 0 spiro atoms. The highest BCUT2D eigenvalue weighted by Gasteiger charge is 2.19. The molecule has 0 radical (unpaired) electrons. The number of hydrogen-bond donors (Lipinski definition) is 2. The van der Waals surface area contributed by atoms with Crippen molar-refractivity contribution >= 4 is 28.9 Å². The average Bonchev–Trinajstić information content (AvgIpc) is 3.30. The number of carbonyl (C=O) groups is 2. The van der Waals surface area contributed by atoms with Crippen LogP contribution < -0.4 is 10.7 Å². The molecule has 0 unspecified atom stereocenters. The second kappa shape index (κ2) is 12.0. The minimum atomic E-state index is -0.495. The number of aryl methyl sites for hydroxylation is 1. The van der Waals surface area contributed by atoms with Crippen molar-refractivity contribution in [1.82, 2.24) is 15.3 Å². The van der Waals surface area contributed by atoms with Crippen LogP contribution in [-0.4, -0.2) is 22.6 Å². The zero-order chi connectivity index (χ0) is 27.0. The maximum absolute atomic E-state index is 12.9. The fourth-order valence-corrected chi connectivity index (χ4v) is 4.69. The summed E-state index contributed by atoms with van der Waals surface area (Å²) in [5, 5.41) is 8.30. The summed E-state index contributed by atoms with van der Waals surface area (Å²) >= 11 is 0. The number of para-hydroxylation sites is 1. The molecule has 0 bridgehead atoms. The topological polar surface area (TPSA) is 75.5 Å². The van der Waals surface area contributed by atoms with E-state index in [9.17, 15) is 9.59 Å². The summed E-state index contributed by atoms with van der Waals surface area (Å²) in [6, 6.07) is 34.6. The van der Waals surface area contributed by atoms with Gasteiger partial charge < -0.3 is 9.88 Å². The lowest BCUT2D eigenvalue weighted by Crippen LogP contribution is -2.32. The van der Waals surface area contributed by atoms with Crippen LogP contribution in [0.4, 0.5) is 0 Å². The van der Waals surface area contributed by atoms with Crippen molar-refractivity contribution in [2.24, 2.45) is 5.10 Å². The predicted molar refractivity (Wildman–Crippen MR) is 156 cm³/mol. The Morgan fingerprint density at radius 3 is 2.36 bits per heavy atom. The molecule has 0 fully saturated rings. The lowest BCUT2D eigenvalue weighted by Gasteiger charge is -2.18. The molecular formula is C33H30N4O2. The molecule has 0 aliphatic carbocycles. The number of carbonyl (C=O) groups excluding carboxylic acids is 2. The van der Waals surface area contributed by atoms with Crippen molar-refractivity contribution < 1.29 is 9.59 Å². The van der Waals surface area contributed by atoms with Gasteiger partial charge in [0.15, 0.2) is 0 Å². The van der Waals surface area contributed by atoms with Crippen LogP contribution in [0.15, 0.2) is 120 Å². The fraction of sp³-hybridized carbons (Fsp3) is 0.121. The zero-order valence-corrected chi connectivity index (χ0v) is 21.7. The molecule has 0 saturated heterocycles. The smallest absolute Gasteiger partial charge is 0.251 e. The van der Waals surface area contributed by atoms with Crippen molar-refractivity contribution in [3.05, 3.63) is 143 Å². The molecule has 1 aromatic heterocycles. The fourth-order valence-electron chi connectivity index (χ4n) is 4.69. The van der Waals surface area contributed by atoms with Crippen LogP contribution in [0.5, 0.6) is 0 Å². The van der Waals surface area contributed by atoms with Crippen LogP contribution in [-0.2, 0) is 11.3 Å². The van der Waals surface area contributed by atoms with E-state index in [0.717, 1.165) is 28.6 Å². The van der Waals surface area contributed by atoms with Gasteiger partial charge in [-0.1, -0.05) is 96.6 Å². The summed E-state index contributed by atoms with van der Waals surface area (Å²) in [4.78, 5) is 25.7. The van der Waals surface area contributed by atoms with Crippen molar-refractivity contribution in [3.63, 3.8) is 0 Å². The third-order valence-electron chi connectivity index (χ3n) is 6.58. The molecule has 5 aromatic rings. The largest absolute Gasteiger partial charge is 0.345 e. The van der Waals surface area contributed by atoms with E-state index < -0.39 is 6.04 Å². The van der Waals surface area contributed by atoms with Gasteiger partial charge in [0.25, 0.3) is 5.91 Å². The van der Waals surface area contributed by atoms with Crippen LogP contribution in [0.25, 0.3) is 10.9 Å². The van der Waals surface area contributed by atoms with Crippen molar-refractivity contribution in [3.8, 4) is 0 Å². The van der Waals surface area contributed by atoms with E-state index in [2.05, 4.69) is 69.9 Å². The zero-order valence-electron chi connectivity index (χ0n) is 21.7. The number of benzene rings is 4. The number of aromatic nitrogens is 1. The number of hydrazone groups is 1. The molecule has 0 aliphatic heterocycles. The first-order valence-corrected chi connectivity index (χ1v) is 12.9. The summed E-state index contributed by atoms with van der Waals surface area (Å²) in [7, 11) is 0. The quantitative estimate of drug-likeness (QED) is 0.187. The minimum absolute atomic E-state index is 0.0506. The average molecular weight is 515 g/mol. The van der Waals surface area contributed by atoms with E-state index in [1.54, 1.807) is 18.3 Å². The highest BCUT2D eigenvalue weighted by molar-refractivity contribution is 6.00.